The molecule has 0 heterocycles. The molecule has 2 aliphatic rings. The molecule has 0 spiro atoms. The molecule has 0 N–H and O–H groups in total. The Bertz CT molecular complexity index is 1980. The minimum absolute atomic E-state index is 0. The van der Waals surface area contributed by atoms with Gasteiger partial charge in [-0.3, -0.25) is 0 Å². The van der Waals surface area contributed by atoms with Gasteiger partial charge in [0, 0.05) is 0 Å². The number of halogens is 2. The molecule has 0 aliphatic heterocycles. The van der Waals surface area contributed by atoms with Crippen LogP contribution in [0.15, 0.2) is 115 Å². The molecule has 217 valence electrons. The fourth-order valence-electron chi connectivity index (χ4n) is 7.35. The Balaban J connectivity index is 0.00000192. The van der Waals surface area contributed by atoms with Crippen LogP contribution in [-0.4, -0.2) is 0 Å². The van der Waals surface area contributed by atoms with Gasteiger partial charge < -0.3 is 24.8 Å². The van der Waals surface area contributed by atoms with Crippen LogP contribution in [0, 0.1) is 0 Å². The van der Waals surface area contributed by atoms with E-state index in [1.807, 2.05) is 0 Å². The fraction of sp³-hybridized carbons (Fsp3) is 0.171. The predicted molar refractivity (Wildman–Crippen MR) is 173 cm³/mol. The summed E-state index contributed by atoms with van der Waals surface area (Å²) >= 11 is 1.49. The van der Waals surface area contributed by atoms with Gasteiger partial charge in [-0.1, -0.05) is 0 Å². The summed E-state index contributed by atoms with van der Waals surface area (Å²) in [5, 5.41) is 2.86. The summed E-state index contributed by atoms with van der Waals surface area (Å²) in [5.41, 5.74) is 18.3. The molecule has 0 saturated heterocycles. The number of benzene rings is 5. The second-order valence-corrected chi connectivity index (χ2v) is 12.9. The van der Waals surface area contributed by atoms with Crippen molar-refractivity contribution in [3.05, 3.63) is 170 Å². The predicted octanol–water partition coefficient (Wildman–Crippen LogP) is 2.69. The van der Waals surface area contributed by atoms with Crippen molar-refractivity contribution in [3.8, 4) is 11.1 Å². The smallest absolute Gasteiger partial charge is 1.00 e. The molecular formula is C41H35Cl2Zr. The first kappa shape index (κ1) is 32.4. The van der Waals surface area contributed by atoms with Gasteiger partial charge in [0.2, 0.25) is 0 Å². The molecule has 0 fully saturated rings. The van der Waals surface area contributed by atoms with E-state index in [2.05, 4.69) is 137 Å². The van der Waals surface area contributed by atoms with Crippen molar-refractivity contribution in [1.82, 2.24) is 0 Å². The minimum atomic E-state index is 0. The Labute approximate surface area is 289 Å². The van der Waals surface area contributed by atoms with E-state index in [4.69, 9.17) is 0 Å². The Kier molecular flexibility index (Phi) is 9.72. The minimum Gasteiger partial charge on any atom is -1.00 e. The molecule has 44 heavy (non-hydrogen) atoms. The summed E-state index contributed by atoms with van der Waals surface area (Å²) in [7, 11) is 0. The maximum absolute atomic E-state index is 2.54. The van der Waals surface area contributed by atoms with Crippen LogP contribution in [0.3, 0.4) is 0 Å². The first-order chi connectivity index (χ1) is 20.5. The van der Waals surface area contributed by atoms with Crippen LogP contribution in [0.4, 0.5) is 0 Å². The first-order valence-electron chi connectivity index (χ1n) is 15.2. The zero-order valence-corrected chi connectivity index (χ0v) is 29.6. The molecule has 0 nitrogen and oxygen atoms in total. The van der Waals surface area contributed by atoms with Crippen LogP contribution in [0.2, 0.25) is 0 Å². The van der Waals surface area contributed by atoms with Crippen LogP contribution < -0.4 is 35.3 Å². The second-order valence-electron chi connectivity index (χ2n) is 11.6. The zero-order chi connectivity index (χ0) is 29.0. The molecule has 0 aromatic heterocycles. The van der Waals surface area contributed by atoms with Crippen molar-refractivity contribution in [2.24, 2.45) is 0 Å². The quantitative estimate of drug-likeness (QED) is 0.267. The topological polar surface area (TPSA) is 0 Å². The number of allylic oxidation sites excluding steroid dienone is 2. The van der Waals surface area contributed by atoms with Crippen LogP contribution in [0.1, 0.15) is 78.1 Å². The number of aryl methyl sites for hydroxylation is 1. The number of rotatable bonds is 5. The Morgan fingerprint density at radius 2 is 1.25 bits per heavy atom. The summed E-state index contributed by atoms with van der Waals surface area (Å²) in [6.45, 7) is 9.31. The molecule has 0 bridgehead atoms. The summed E-state index contributed by atoms with van der Waals surface area (Å²) < 4.78 is 1.51. The van der Waals surface area contributed by atoms with E-state index in [0.29, 0.717) is 0 Å². The Morgan fingerprint density at radius 1 is 0.636 bits per heavy atom. The molecule has 3 heteroatoms. The summed E-state index contributed by atoms with van der Waals surface area (Å²) in [5.74, 6) is 0.258. The van der Waals surface area contributed by atoms with Crippen molar-refractivity contribution >= 4 is 14.4 Å². The summed E-state index contributed by atoms with van der Waals surface area (Å²) in [4.78, 5) is 0. The maximum Gasteiger partial charge on any atom is -1.00 e. The van der Waals surface area contributed by atoms with Gasteiger partial charge in [-0.25, -0.2) is 0 Å². The average molecular weight is 690 g/mol. The van der Waals surface area contributed by atoms with E-state index in [-0.39, 0.29) is 30.7 Å². The van der Waals surface area contributed by atoms with E-state index in [1.165, 1.54) is 111 Å². The van der Waals surface area contributed by atoms with Gasteiger partial charge in [0.25, 0.3) is 0 Å². The van der Waals surface area contributed by atoms with Crippen LogP contribution >= 0.6 is 0 Å². The monoisotopic (exact) mass is 687 g/mol. The van der Waals surface area contributed by atoms with Gasteiger partial charge in [-0.05, 0) is 0 Å². The average Bonchev–Trinajstić information content (AvgIpc) is 3.46. The number of hydrogen-bond acceptors (Lipinski definition) is 0. The Hall–Kier alpha value is -2.96. The van der Waals surface area contributed by atoms with Gasteiger partial charge in [-0.15, -0.1) is 0 Å². The van der Waals surface area contributed by atoms with E-state index in [1.54, 1.807) is 0 Å². The van der Waals surface area contributed by atoms with E-state index in [9.17, 15) is 0 Å². The molecule has 7 rings (SSSR count). The van der Waals surface area contributed by atoms with E-state index in [0.717, 1.165) is 12.8 Å². The van der Waals surface area contributed by atoms with Crippen molar-refractivity contribution in [2.75, 3.05) is 0 Å². The van der Waals surface area contributed by atoms with Crippen molar-refractivity contribution in [1.29, 1.82) is 0 Å². The first-order valence-corrected chi connectivity index (χ1v) is 16.4. The molecule has 0 amide bonds. The number of fused-ring (bicyclic) bond motifs is 4. The fourth-order valence-corrected chi connectivity index (χ4v) is 8.52. The zero-order valence-electron chi connectivity index (χ0n) is 25.6. The molecule has 1 atom stereocenters. The van der Waals surface area contributed by atoms with Crippen LogP contribution in [0.25, 0.3) is 25.6 Å². The largest absolute Gasteiger partial charge is 1.00 e. The van der Waals surface area contributed by atoms with E-state index >= 15 is 0 Å². The molecule has 0 radical (unpaired) electrons. The molecule has 0 saturated carbocycles. The standard InChI is InChI=1S/C41H35.2ClH.Zr/c1-5-28-21-22-34-31(23-28)24-37-36(34)25-38(40(29-15-9-7-10-16-29)30-17-11-8-12-18-30)32(6-2)41(37)39-27(4)26(3)33-19-13-14-20-35(33)39;;;/h7-23,25,39H,5-6H2,1-4H3;2*1H;/q;;;+2/p-2. The third-order valence-corrected chi connectivity index (χ3v) is 10.8. The molecule has 1 unspecified atom stereocenters. The molecular weight excluding hydrogens is 655 g/mol. The van der Waals surface area contributed by atoms with Gasteiger partial charge >= 0.3 is 266 Å². The SMILES string of the molecule is CCc1ccc2c(c1)[C]([Zr+2])=c1c-2cc(=C(c2ccccc2)c2ccccc2)c(CC)c1C1C(C)=C(C)c2ccccc21.[Cl-].[Cl-]. The second kappa shape index (κ2) is 13.2. The van der Waals surface area contributed by atoms with Gasteiger partial charge in [0.1, 0.15) is 0 Å². The van der Waals surface area contributed by atoms with Gasteiger partial charge in [-0.2, -0.15) is 0 Å². The van der Waals surface area contributed by atoms with Crippen molar-refractivity contribution in [3.63, 3.8) is 0 Å². The summed E-state index contributed by atoms with van der Waals surface area (Å²) in [6.07, 6.45) is 2.04. The van der Waals surface area contributed by atoms with Gasteiger partial charge in [0.15, 0.2) is 0 Å². The van der Waals surface area contributed by atoms with Crippen molar-refractivity contribution < 1.29 is 49.5 Å². The summed E-state index contributed by atoms with van der Waals surface area (Å²) in [6, 6.07) is 40.9. The van der Waals surface area contributed by atoms with Crippen LogP contribution in [-0.2, 0) is 37.6 Å². The third kappa shape index (κ3) is 5.12. The molecule has 5 aromatic carbocycles. The van der Waals surface area contributed by atoms with Crippen LogP contribution in [0.5, 0.6) is 0 Å². The normalized spacial score (nSPS) is 14.4. The molecule has 2 aliphatic carbocycles. The van der Waals surface area contributed by atoms with E-state index < -0.39 is 0 Å². The van der Waals surface area contributed by atoms with Gasteiger partial charge in [0.05, 0.1) is 0 Å². The third-order valence-electron chi connectivity index (χ3n) is 9.52. The molecule has 5 aromatic rings. The van der Waals surface area contributed by atoms with Crippen molar-refractivity contribution in [2.45, 2.75) is 46.5 Å². The Morgan fingerprint density at radius 3 is 1.86 bits per heavy atom. The maximum atomic E-state index is 2.54. The number of hydrogen-bond donors (Lipinski definition) is 0.